The largest absolute Gasteiger partial charge is 0.453 e. The zero-order chi connectivity index (χ0) is 15.8. The van der Waals surface area contributed by atoms with Crippen molar-refractivity contribution in [1.29, 1.82) is 0 Å². The minimum Gasteiger partial charge on any atom is -0.453 e. The molecule has 2 heterocycles. The molecule has 0 amide bonds. The number of fused-ring (bicyclic) bond motifs is 2. The number of carbonyl (C=O) groups is 1. The molecule has 114 valence electrons. The van der Waals surface area contributed by atoms with Crippen LogP contribution in [0.25, 0.3) is 21.8 Å². The number of para-hydroxylation sites is 2. The lowest BCUT2D eigenvalue weighted by Gasteiger charge is -2.16. The maximum atomic E-state index is 11.7. The minimum absolute atomic E-state index is 0.300. The van der Waals surface area contributed by atoms with Crippen LogP contribution in [0.3, 0.4) is 0 Å². The number of aromatic amines is 2. The highest BCUT2D eigenvalue weighted by molar-refractivity contribution is 5.88. The number of carbonyl (C=O) groups excluding carboxylic acids is 1. The molecule has 2 aromatic carbocycles. The summed E-state index contributed by atoms with van der Waals surface area (Å²) in [6, 6.07) is 16.0. The summed E-state index contributed by atoms with van der Waals surface area (Å²) in [7, 11) is 0. The Balaban J connectivity index is 1.92. The number of benzene rings is 2. The molecule has 4 rings (SSSR count). The van der Waals surface area contributed by atoms with Gasteiger partial charge in [0.15, 0.2) is 6.10 Å². The molecule has 0 atom stereocenters. The van der Waals surface area contributed by atoms with E-state index < -0.39 is 6.10 Å². The topological polar surface area (TPSA) is 57.9 Å². The highest BCUT2D eigenvalue weighted by Crippen LogP contribution is 2.35. The van der Waals surface area contributed by atoms with Gasteiger partial charge in [0.05, 0.1) is 0 Å². The molecule has 4 heteroatoms. The number of H-pyrrole nitrogens is 2. The molecule has 0 aliphatic carbocycles. The van der Waals surface area contributed by atoms with E-state index in [2.05, 4.69) is 9.97 Å². The molecule has 2 N–H and O–H groups in total. The molecule has 2 aromatic heterocycles. The van der Waals surface area contributed by atoms with Gasteiger partial charge in [0.1, 0.15) is 0 Å². The second kappa shape index (κ2) is 5.32. The van der Waals surface area contributed by atoms with Crippen molar-refractivity contribution >= 4 is 27.8 Å². The summed E-state index contributed by atoms with van der Waals surface area (Å²) in [6.07, 6.45) is 3.39. The van der Waals surface area contributed by atoms with Crippen LogP contribution < -0.4 is 0 Å². The molecule has 0 saturated heterocycles. The highest BCUT2D eigenvalue weighted by atomic mass is 16.5. The van der Waals surface area contributed by atoms with Gasteiger partial charge in [0, 0.05) is 52.3 Å². The van der Waals surface area contributed by atoms with Gasteiger partial charge < -0.3 is 14.7 Å². The van der Waals surface area contributed by atoms with Gasteiger partial charge in [-0.25, -0.2) is 0 Å². The fraction of sp³-hybridized carbons (Fsp3) is 0.105. The average Bonchev–Trinajstić information content (AvgIpc) is 3.17. The van der Waals surface area contributed by atoms with Crippen LogP contribution in [0, 0.1) is 0 Å². The predicted octanol–water partition coefficient (Wildman–Crippen LogP) is 4.30. The van der Waals surface area contributed by atoms with Crippen LogP contribution in [-0.4, -0.2) is 15.9 Å². The van der Waals surface area contributed by atoms with Gasteiger partial charge >= 0.3 is 5.97 Å². The van der Waals surface area contributed by atoms with Gasteiger partial charge in [0.2, 0.25) is 0 Å². The Kier molecular flexibility index (Phi) is 3.15. The summed E-state index contributed by atoms with van der Waals surface area (Å²) in [6.45, 7) is 1.44. The Hall–Kier alpha value is -3.01. The number of esters is 1. The SMILES string of the molecule is CC(=O)OC(c1c[nH]c2ccccc12)c1c[nH]c2ccccc12. The number of aromatic nitrogens is 2. The molecule has 0 bridgehead atoms. The normalized spacial score (nSPS) is 11.4. The quantitative estimate of drug-likeness (QED) is 0.554. The van der Waals surface area contributed by atoms with Crippen molar-refractivity contribution in [1.82, 2.24) is 9.97 Å². The molecule has 0 saturated carbocycles. The number of hydrogen-bond donors (Lipinski definition) is 2. The van der Waals surface area contributed by atoms with Crippen LogP contribution in [0.4, 0.5) is 0 Å². The molecule has 0 unspecified atom stereocenters. The van der Waals surface area contributed by atoms with E-state index in [1.807, 2.05) is 60.9 Å². The van der Waals surface area contributed by atoms with E-state index in [1.54, 1.807) is 0 Å². The summed E-state index contributed by atoms with van der Waals surface area (Å²) in [4.78, 5) is 18.2. The van der Waals surface area contributed by atoms with Gasteiger partial charge in [-0.3, -0.25) is 4.79 Å². The zero-order valence-electron chi connectivity index (χ0n) is 12.7. The molecule has 0 aliphatic rings. The summed E-state index contributed by atoms with van der Waals surface area (Å²) < 4.78 is 5.68. The molecule has 4 nitrogen and oxygen atoms in total. The van der Waals surface area contributed by atoms with Gasteiger partial charge in [0.25, 0.3) is 0 Å². The molecule has 0 aliphatic heterocycles. The van der Waals surface area contributed by atoms with Crippen LogP contribution in [0.1, 0.15) is 24.2 Å². The van der Waals surface area contributed by atoms with Crippen molar-refractivity contribution in [2.24, 2.45) is 0 Å². The van der Waals surface area contributed by atoms with E-state index in [4.69, 9.17) is 4.74 Å². The van der Waals surface area contributed by atoms with E-state index in [0.717, 1.165) is 32.9 Å². The summed E-state index contributed by atoms with van der Waals surface area (Å²) >= 11 is 0. The van der Waals surface area contributed by atoms with Crippen molar-refractivity contribution in [3.8, 4) is 0 Å². The lowest BCUT2D eigenvalue weighted by atomic mass is 10.00. The minimum atomic E-state index is -0.445. The summed E-state index contributed by atoms with van der Waals surface area (Å²) in [5.41, 5.74) is 3.97. The van der Waals surface area contributed by atoms with Gasteiger partial charge in [-0.15, -0.1) is 0 Å². The fourth-order valence-corrected chi connectivity index (χ4v) is 3.08. The Morgan fingerprint density at radius 1 is 0.870 bits per heavy atom. The Morgan fingerprint density at radius 3 is 1.83 bits per heavy atom. The third kappa shape index (κ3) is 2.28. The number of ether oxygens (including phenoxy) is 1. The van der Waals surface area contributed by atoms with E-state index in [0.29, 0.717) is 0 Å². The second-order valence-electron chi connectivity index (χ2n) is 5.57. The Labute approximate surface area is 133 Å². The summed E-state index contributed by atoms with van der Waals surface area (Å²) in [5.74, 6) is -0.300. The van der Waals surface area contributed by atoms with Gasteiger partial charge in [-0.05, 0) is 12.1 Å². The Bertz CT molecular complexity index is 923. The van der Waals surface area contributed by atoms with E-state index in [1.165, 1.54) is 6.92 Å². The highest BCUT2D eigenvalue weighted by Gasteiger charge is 2.23. The van der Waals surface area contributed by atoms with Crippen molar-refractivity contribution < 1.29 is 9.53 Å². The molecular weight excluding hydrogens is 288 g/mol. The van der Waals surface area contributed by atoms with E-state index in [-0.39, 0.29) is 5.97 Å². The third-order valence-electron chi connectivity index (χ3n) is 4.09. The third-order valence-corrected chi connectivity index (χ3v) is 4.09. The van der Waals surface area contributed by atoms with Crippen molar-refractivity contribution in [3.63, 3.8) is 0 Å². The number of nitrogens with one attached hydrogen (secondary N) is 2. The number of rotatable bonds is 3. The molecular formula is C19H16N2O2. The molecule has 4 aromatic rings. The lowest BCUT2D eigenvalue weighted by Crippen LogP contribution is -2.09. The zero-order valence-corrected chi connectivity index (χ0v) is 12.7. The van der Waals surface area contributed by atoms with Crippen LogP contribution >= 0.6 is 0 Å². The first-order valence-corrected chi connectivity index (χ1v) is 7.53. The molecule has 23 heavy (non-hydrogen) atoms. The number of hydrogen-bond acceptors (Lipinski definition) is 2. The molecule has 0 fully saturated rings. The molecule has 0 spiro atoms. The van der Waals surface area contributed by atoms with Crippen molar-refractivity contribution in [2.75, 3.05) is 0 Å². The summed E-state index contributed by atoms with van der Waals surface area (Å²) in [5, 5.41) is 2.12. The second-order valence-corrected chi connectivity index (χ2v) is 5.57. The lowest BCUT2D eigenvalue weighted by molar-refractivity contribution is -0.144. The first kappa shape index (κ1) is 13.6. The fourth-order valence-electron chi connectivity index (χ4n) is 3.08. The van der Waals surface area contributed by atoms with Crippen LogP contribution in [-0.2, 0) is 9.53 Å². The van der Waals surface area contributed by atoms with Gasteiger partial charge in [-0.2, -0.15) is 0 Å². The Morgan fingerprint density at radius 2 is 1.35 bits per heavy atom. The van der Waals surface area contributed by atoms with E-state index in [9.17, 15) is 4.79 Å². The van der Waals surface area contributed by atoms with Crippen LogP contribution in [0.15, 0.2) is 60.9 Å². The molecule has 0 radical (unpaired) electrons. The first-order valence-electron chi connectivity index (χ1n) is 7.53. The van der Waals surface area contributed by atoms with Gasteiger partial charge in [-0.1, -0.05) is 36.4 Å². The average molecular weight is 304 g/mol. The standard InChI is InChI=1S/C19H16N2O2/c1-12(22)23-19(15-10-20-17-8-4-2-6-13(15)17)16-11-21-18-9-5-3-7-14(16)18/h2-11,19-21H,1H3. The maximum absolute atomic E-state index is 11.7. The maximum Gasteiger partial charge on any atom is 0.303 e. The van der Waals surface area contributed by atoms with Crippen molar-refractivity contribution in [3.05, 3.63) is 72.1 Å². The first-order chi connectivity index (χ1) is 11.2. The van der Waals surface area contributed by atoms with Crippen LogP contribution in [0.5, 0.6) is 0 Å². The smallest absolute Gasteiger partial charge is 0.303 e. The monoisotopic (exact) mass is 304 g/mol. The van der Waals surface area contributed by atoms with Crippen molar-refractivity contribution in [2.45, 2.75) is 13.0 Å². The predicted molar refractivity (Wildman–Crippen MR) is 90.2 cm³/mol. The van der Waals surface area contributed by atoms with Crippen LogP contribution in [0.2, 0.25) is 0 Å². The van der Waals surface area contributed by atoms with E-state index >= 15 is 0 Å².